The molecule has 1 unspecified atom stereocenters. The zero-order valence-corrected chi connectivity index (χ0v) is 18.4. The van der Waals surface area contributed by atoms with Gasteiger partial charge in [-0.05, 0) is 50.5 Å². The van der Waals surface area contributed by atoms with Gasteiger partial charge in [-0.2, -0.15) is 8.78 Å². The molecule has 0 N–H and O–H groups in total. The summed E-state index contributed by atoms with van der Waals surface area (Å²) in [6.45, 7) is 5.52. The van der Waals surface area contributed by atoms with Gasteiger partial charge in [0.1, 0.15) is 0 Å². The Morgan fingerprint density at radius 2 is 1.71 bits per heavy atom. The van der Waals surface area contributed by atoms with Crippen molar-refractivity contribution in [1.82, 2.24) is 15.1 Å². The Kier molecular flexibility index (Phi) is 6.89. The predicted octanol–water partition coefficient (Wildman–Crippen LogP) is 4.13. The van der Waals surface area contributed by atoms with Crippen LogP contribution < -0.4 is 9.80 Å². The molecule has 1 aromatic carbocycles. The number of piperidine rings is 1. The summed E-state index contributed by atoms with van der Waals surface area (Å²) in [5.74, 6) is -1.05. The van der Waals surface area contributed by atoms with Crippen LogP contribution in [0.2, 0.25) is 0 Å². The standard InChI is InChI=1S/C22H27F2N5OS/c1-16-6-4-5-11-29(16)20-10-9-19(25-26-20)27-12-14-28(15-13-27)21(30)17-7-2-3-8-18(17)31-22(23)24/h2-3,7-10,16,22H,4-6,11-15H2,1H3. The summed E-state index contributed by atoms with van der Waals surface area (Å²) in [6, 6.07) is 11.1. The Morgan fingerprint density at radius 1 is 1.00 bits per heavy atom. The molecule has 0 saturated carbocycles. The predicted molar refractivity (Wildman–Crippen MR) is 119 cm³/mol. The van der Waals surface area contributed by atoms with Crippen LogP contribution in [0.3, 0.4) is 0 Å². The first-order chi connectivity index (χ1) is 15.0. The maximum atomic E-state index is 12.9. The molecule has 0 bridgehead atoms. The SMILES string of the molecule is CC1CCCCN1c1ccc(N2CCN(C(=O)c3ccccc3SC(F)F)CC2)nn1. The largest absolute Gasteiger partial charge is 0.352 e. The topological polar surface area (TPSA) is 52.6 Å². The molecule has 0 spiro atoms. The molecule has 3 heterocycles. The lowest BCUT2D eigenvalue weighted by atomic mass is 10.0. The molecule has 2 aliphatic rings. The van der Waals surface area contributed by atoms with Crippen molar-refractivity contribution in [1.29, 1.82) is 0 Å². The normalized spacial score (nSPS) is 19.7. The van der Waals surface area contributed by atoms with Crippen LogP contribution in [0.4, 0.5) is 20.4 Å². The van der Waals surface area contributed by atoms with Gasteiger partial charge < -0.3 is 14.7 Å². The summed E-state index contributed by atoms with van der Waals surface area (Å²) in [5, 5.41) is 8.88. The number of piperazine rings is 1. The number of anilines is 2. The highest BCUT2D eigenvalue weighted by molar-refractivity contribution is 7.99. The van der Waals surface area contributed by atoms with E-state index in [0.29, 0.717) is 54.4 Å². The van der Waals surface area contributed by atoms with E-state index in [1.807, 2.05) is 12.1 Å². The molecule has 2 saturated heterocycles. The number of halogens is 2. The summed E-state index contributed by atoms with van der Waals surface area (Å²) in [6.07, 6.45) is 3.62. The number of thioether (sulfide) groups is 1. The third-order valence-electron chi connectivity index (χ3n) is 5.96. The van der Waals surface area contributed by atoms with E-state index in [0.717, 1.165) is 18.2 Å². The van der Waals surface area contributed by atoms with E-state index in [-0.39, 0.29) is 5.91 Å². The van der Waals surface area contributed by atoms with Gasteiger partial charge in [0.05, 0.1) is 5.56 Å². The third-order valence-corrected chi connectivity index (χ3v) is 6.75. The van der Waals surface area contributed by atoms with Gasteiger partial charge in [0.15, 0.2) is 11.6 Å². The van der Waals surface area contributed by atoms with Crippen molar-refractivity contribution in [3.8, 4) is 0 Å². The monoisotopic (exact) mass is 447 g/mol. The smallest absolute Gasteiger partial charge is 0.288 e. The number of benzene rings is 1. The van der Waals surface area contributed by atoms with Crippen LogP contribution in [0.15, 0.2) is 41.3 Å². The number of carbonyl (C=O) groups excluding carboxylic acids is 1. The van der Waals surface area contributed by atoms with Crippen molar-refractivity contribution in [3.05, 3.63) is 42.0 Å². The fourth-order valence-electron chi connectivity index (χ4n) is 4.23. The quantitative estimate of drug-likeness (QED) is 0.643. The van der Waals surface area contributed by atoms with Crippen molar-refractivity contribution < 1.29 is 13.6 Å². The molecule has 1 aromatic heterocycles. The second-order valence-electron chi connectivity index (χ2n) is 7.94. The first-order valence-electron chi connectivity index (χ1n) is 10.7. The summed E-state index contributed by atoms with van der Waals surface area (Å²) in [4.78, 5) is 19.4. The van der Waals surface area contributed by atoms with E-state index in [2.05, 4.69) is 26.9 Å². The minimum atomic E-state index is -2.56. The number of hydrogen-bond acceptors (Lipinski definition) is 6. The molecule has 9 heteroatoms. The molecular weight excluding hydrogens is 420 g/mol. The molecule has 2 aromatic rings. The van der Waals surface area contributed by atoms with Crippen LogP contribution in [0, 0.1) is 0 Å². The highest BCUT2D eigenvalue weighted by atomic mass is 32.2. The Balaban J connectivity index is 1.37. The van der Waals surface area contributed by atoms with E-state index in [9.17, 15) is 13.6 Å². The van der Waals surface area contributed by atoms with Crippen molar-refractivity contribution in [2.45, 2.75) is 42.9 Å². The summed E-state index contributed by atoms with van der Waals surface area (Å²) < 4.78 is 25.7. The van der Waals surface area contributed by atoms with E-state index in [1.54, 1.807) is 29.2 Å². The maximum absolute atomic E-state index is 12.9. The average molecular weight is 448 g/mol. The molecule has 2 fully saturated rings. The molecule has 31 heavy (non-hydrogen) atoms. The van der Waals surface area contributed by atoms with Crippen LogP contribution in [0.25, 0.3) is 0 Å². The minimum absolute atomic E-state index is 0.205. The van der Waals surface area contributed by atoms with Crippen molar-refractivity contribution in [2.24, 2.45) is 0 Å². The minimum Gasteiger partial charge on any atom is -0.352 e. The van der Waals surface area contributed by atoms with Gasteiger partial charge in [0.25, 0.3) is 11.7 Å². The van der Waals surface area contributed by atoms with Crippen LogP contribution in [0.1, 0.15) is 36.5 Å². The van der Waals surface area contributed by atoms with E-state index < -0.39 is 5.76 Å². The Morgan fingerprint density at radius 3 is 2.39 bits per heavy atom. The lowest BCUT2D eigenvalue weighted by Crippen LogP contribution is -2.49. The summed E-state index contributed by atoms with van der Waals surface area (Å²) in [7, 11) is 0. The number of amides is 1. The van der Waals surface area contributed by atoms with Crippen molar-refractivity contribution >= 4 is 29.3 Å². The zero-order chi connectivity index (χ0) is 21.8. The van der Waals surface area contributed by atoms with Gasteiger partial charge in [-0.1, -0.05) is 23.9 Å². The van der Waals surface area contributed by atoms with Crippen LogP contribution in [0.5, 0.6) is 0 Å². The van der Waals surface area contributed by atoms with Crippen molar-refractivity contribution in [3.63, 3.8) is 0 Å². The molecular formula is C22H27F2N5OS. The fourth-order valence-corrected chi connectivity index (χ4v) is 4.86. The zero-order valence-electron chi connectivity index (χ0n) is 17.6. The van der Waals surface area contributed by atoms with Gasteiger partial charge in [-0.15, -0.1) is 10.2 Å². The van der Waals surface area contributed by atoms with Gasteiger partial charge in [0.2, 0.25) is 0 Å². The number of aromatic nitrogens is 2. The van der Waals surface area contributed by atoms with Gasteiger partial charge >= 0.3 is 0 Å². The number of nitrogens with zero attached hydrogens (tertiary/aromatic N) is 5. The van der Waals surface area contributed by atoms with Crippen LogP contribution in [-0.2, 0) is 0 Å². The van der Waals surface area contributed by atoms with Crippen LogP contribution in [-0.4, -0.2) is 65.5 Å². The van der Waals surface area contributed by atoms with Crippen LogP contribution >= 0.6 is 11.8 Å². The Bertz CT molecular complexity index is 890. The number of rotatable bonds is 5. The summed E-state index contributed by atoms with van der Waals surface area (Å²) in [5.41, 5.74) is 0.334. The molecule has 166 valence electrons. The molecule has 1 atom stereocenters. The second-order valence-corrected chi connectivity index (χ2v) is 8.97. The first-order valence-corrected chi connectivity index (χ1v) is 11.6. The van der Waals surface area contributed by atoms with E-state index in [1.165, 1.54) is 19.3 Å². The molecule has 4 rings (SSSR count). The molecule has 0 radical (unpaired) electrons. The third kappa shape index (κ3) is 5.08. The number of carbonyl (C=O) groups is 1. The maximum Gasteiger partial charge on any atom is 0.288 e. The number of hydrogen-bond donors (Lipinski definition) is 0. The van der Waals surface area contributed by atoms with Gasteiger partial charge in [-0.3, -0.25) is 4.79 Å². The molecule has 1 amide bonds. The molecule has 2 aliphatic heterocycles. The fraction of sp³-hybridized carbons (Fsp3) is 0.500. The first kappa shape index (κ1) is 21.8. The Labute approximate surface area is 185 Å². The van der Waals surface area contributed by atoms with E-state index in [4.69, 9.17) is 0 Å². The second kappa shape index (κ2) is 9.80. The molecule has 0 aliphatic carbocycles. The highest BCUT2D eigenvalue weighted by Gasteiger charge is 2.26. The molecule has 6 nitrogen and oxygen atoms in total. The van der Waals surface area contributed by atoms with E-state index >= 15 is 0 Å². The highest BCUT2D eigenvalue weighted by Crippen LogP contribution is 2.29. The van der Waals surface area contributed by atoms with Gasteiger partial charge in [-0.25, -0.2) is 0 Å². The summed E-state index contributed by atoms with van der Waals surface area (Å²) >= 11 is 0.414. The lowest BCUT2D eigenvalue weighted by Gasteiger charge is -2.36. The average Bonchev–Trinajstić information content (AvgIpc) is 2.79. The lowest BCUT2D eigenvalue weighted by molar-refractivity contribution is 0.0743. The number of alkyl halides is 2. The van der Waals surface area contributed by atoms with Crippen molar-refractivity contribution in [2.75, 3.05) is 42.5 Å². The Hall–Kier alpha value is -2.42. The van der Waals surface area contributed by atoms with Gasteiger partial charge in [0, 0.05) is 43.7 Å².